The molecule has 2 aliphatic rings. The number of methoxy groups -OCH3 is 2. The number of pyridine rings is 1. The molecule has 10 nitrogen and oxygen atoms in total. The Kier molecular flexibility index (Phi) is 9.78. The van der Waals surface area contributed by atoms with Crippen LogP contribution in [0.4, 0.5) is 0 Å². The Morgan fingerprint density at radius 1 is 0.980 bits per heavy atom. The zero-order valence-corrected chi connectivity index (χ0v) is 29.3. The number of likely N-dealkylation sites (N-methyl/N-ethyl adjacent to an activating group) is 1. The van der Waals surface area contributed by atoms with Crippen molar-refractivity contribution in [2.75, 3.05) is 34.4 Å². The molecule has 1 fully saturated rings. The van der Waals surface area contributed by atoms with Gasteiger partial charge in [0, 0.05) is 72.7 Å². The number of ether oxygens (including phenoxy) is 3. The van der Waals surface area contributed by atoms with Gasteiger partial charge in [-0.1, -0.05) is 24.3 Å². The minimum absolute atomic E-state index is 0.113. The highest BCUT2D eigenvalue weighted by molar-refractivity contribution is 9.10. The van der Waals surface area contributed by atoms with E-state index in [1.165, 1.54) is 59.6 Å². The molecule has 1 saturated heterocycles. The van der Waals surface area contributed by atoms with Crippen LogP contribution in [-0.4, -0.2) is 76.9 Å². The van der Waals surface area contributed by atoms with Gasteiger partial charge in [0.1, 0.15) is 22.8 Å². The van der Waals surface area contributed by atoms with Crippen LogP contribution in [0.2, 0.25) is 0 Å². The van der Waals surface area contributed by atoms with Gasteiger partial charge in [-0.3, -0.25) is 14.7 Å². The lowest BCUT2D eigenvalue weighted by molar-refractivity contribution is -0.131. The zero-order valence-electron chi connectivity index (χ0n) is 27.7. The molecule has 5 aromatic rings. The molecule has 1 aliphatic carbocycles. The molecule has 49 heavy (non-hydrogen) atoms. The van der Waals surface area contributed by atoms with E-state index in [0.717, 1.165) is 23.9 Å². The molecule has 254 valence electrons. The third kappa shape index (κ3) is 6.53. The number of phenols is 2. The molecule has 1 aliphatic heterocycles. The lowest BCUT2D eigenvalue weighted by Gasteiger charge is -2.53. The number of aryl methyl sites for hydroxylation is 1. The number of esters is 1. The Morgan fingerprint density at radius 3 is 2.47 bits per heavy atom. The summed E-state index contributed by atoms with van der Waals surface area (Å²) in [5.74, 6) is -0.443. The van der Waals surface area contributed by atoms with Crippen LogP contribution in [-0.2, 0) is 28.5 Å². The molecule has 7 rings (SSSR count). The van der Waals surface area contributed by atoms with Crippen molar-refractivity contribution in [2.45, 2.75) is 24.5 Å². The molecule has 3 unspecified atom stereocenters. The molecule has 3 atom stereocenters. The van der Waals surface area contributed by atoms with Gasteiger partial charge in [0.25, 0.3) is 0 Å². The summed E-state index contributed by atoms with van der Waals surface area (Å²) in [4.78, 5) is 31.1. The van der Waals surface area contributed by atoms with Crippen molar-refractivity contribution in [3.63, 3.8) is 0 Å². The van der Waals surface area contributed by atoms with Crippen molar-refractivity contribution in [1.29, 1.82) is 0 Å². The van der Waals surface area contributed by atoms with Crippen molar-refractivity contribution in [2.24, 2.45) is 13.0 Å². The molecular weight excluding hydrogens is 690 g/mol. The van der Waals surface area contributed by atoms with Gasteiger partial charge in [-0.2, -0.15) is 0 Å². The normalized spacial score (nSPS) is 19.8. The first-order valence-corrected chi connectivity index (χ1v) is 16.7. The highest BCUT2D eigenvalue weighted by atomic mass is 79.9. The van der Waals surface area contributed by atoms with Gasteiger partial charge in [0.05, 0.1) is 30.4 Å². The van der Waals surface area contributed by atoms with E-state index in [4.69, 9.17) is 14.2 Å². The summed E-state index contributed by atoms with van der Waals surface area (Å²) in [7, 11) is 7.54. The predicted octanol–water partition coefficient (Wildman–Crippen LogP) is 6.25. The number of phenolic OH excluding ortho intramolecular Hbond substituents is 2. The maximum absolute atomic E-state index is 12.5. The quantitative estimate of drug-likeness (QED) is 0.148. The number of hydrogen-bond acceptors (Lipinski definition) is 9. The van der Waals surface area contributed by atoms with E-state index in [0.29, 0.717) is 17.9 Å². The van der Waals surface area contributed by atoms with Gasteiger partial charge >= 0.3 is 5.97 Å². The summed E-state index contributed by atoms with van der Waals surface area (Å²) in [6.07, 6.45) is 7.20. The van der Waals surface area contributed by atoms with Gasteiger partial charge in [-0.05, 0) is 83.3 Å². The molecule has 2 aromatic heterocycles. The molecule has 0 saturated carbocycles. The average Bonchev–Trinajstić information content (AvgIpc) is 3.43. The summed E-state index contributed by atoms with van der Waals surface area (Å²) < 4.78 is 19.9. The van der Waals surface area contributed by atoms with E-state index < -0.39 is 11.4 Å². The van der Waals surface area contributed by atoms with Crippen molar-refractivity contribution in [1.82, 2.24) is 14.5 Å². The molecule has 3 heterocycles. The minimum atomic E-state index is -0.437. The zero-order chi connectivity index (χ0) is 34.9. The molecule has 0 radical (unpaired) electrons. The highest BCUT2D eigenvalue weighted by Crippen LogP contribution is 2.49. The van der Waals surface area contributed by atoms with Crippen LogP contribution in [0.5, 0.6) is 17.2 Å². The van der Waals surface area contributed by atoms with Crippen molar-refractivity contribution >= 4 is 38.6 Å². The number of nitrogens with zero attached hydrogens (tertiary/aromatic N) is 3. The van der Waals surface area contributed by atoms with Crippen LogP contribution in [0.3, 0.4) is 0 Å². The van der Waals surface area contributed by atoms with Crippen LogP contribution in [0.25, 0.3) is 10.9 Å². The van der Waals surface area contributed by atoms with E-state index in [-0.39, 0.29) is 40.6 Å². The number of ketones is 1. The maximum atomic E-state index is 12.5. The van der Waals surface area contributed by atoms with Crippen LogP contribution >= 0.6 is 15.9 Å². The molecular formula is C38H38BrN3O7. The first-order valence-electron chi connectivity index (χ1n) is 15.9. The van der Waals surface area contributed by atoms with Crippen LogP contribution in [0.1, 0.15) is 43.8 Å². The lowest BCUT2D eigenvalue weighted by atomic mass is 9.69. The molecule has 11 heteroatoms. The van der Waals surface area contributed by atoms with Crippen LogP contribution < -0.4 is 4.74 Å². The van der Waals surface area contributed by atoms with Crippen molar-refractivity contribution in [3.8, 4) is 17.2 Å². The largest absolute Gasteiger partial charge is 0.507 e. The minimum Gasteiger partial charge on any atom is -0.507 e. The first-order chi connectivity index (χ1) is 23.6. The fourth-order valence-electron chi connectivity index (χ4n) is 7.27. The Morgan fingerprint density at radius 2 is 1.76 bits per heavy atom. The first kappa shape index (κ1) is 34.2. The number of aromatic hydroxyl groups is 2. The molecule has 3 aromatic carbocycles. The number of likely N-dealkylation sites (tertiary alicyclic amines) is 1. The number of carbonyl (C=O) groups is 2. The summed E-state index contributed by atoms with van der Waals surface area (Å²) in [6.45, 7) is 1.21. The molecule has 2 N–H and O–H groups in total. The van der Waals surface area contributed by atoms with Crippen molar-refractivity contribution in [3.05, 3.63) is 118 Å². The van der Waals surface area contributed by atoms with E-state index in [1.54, 1.807) is 30.5 Å². The van der Waals surface area contributed by atoms with Crippen LogP contribution in [0, 0.1) is 5.92 Å². The summed E-state index contributed by atoms with van der Waals surface area (Å²) in [6, 6.07) is 19.1. The van der Waals surface area contributed by atoms with Gasteiger partial charge in [0.15, 0.2) is 5.78 Å². The van der Waals surface area contributed by atoms with Gasteiger partial charge in [-0.25, -0.2) is 4.79 Å². The number of rotatable bonds is 7. The standard InChI is InChI=1S/C24H26BrN3O3.C14H12O4/c1-27-13-17-8-21-24(30-3,19-5-4-6-20(27)22(17)19)9-15(12-28(21)2)14-31-23(29)16-7-18(25)11-26-10-16;1-18-9-6-7-11(13(16)8-9)14(17)10-4-2-3-5-12(10)15/h4-7,10-11,13,15,21H,8-9,12,14H2,1-3H3;2-8,15-16H,1H3. The summed E-state index contributed by atoms with van der Waals surface area (Å²) in [5, 5.41) is 20.7. The van der Waals surface area contributed by atoms with Gasteiger partial charge in [0.2, 0.25) is 0 Å². The third-order valence-corrected chi connectivity index (χ3v) is 9.96. The SMILES string of the molecule is COC12CC(COC(=O)c3cncc(Br)c3)CN(C)C1Cc1cn(C)c3cccc2c13.COc1ccc(C(=O)c2ccccc2O)c(O)c1. The molecule has 0 bridgehead atoms. The average molecular weight is 729 g/mol. The number of halogens is 1. The van der Waals surface area contributed by atoms with E-state index >= 15 is 0 Å². The Bertz CT molecular complexity index is 2030. The number of piperidine rings is 1. The Hall–Kier alpha value is -4.71. The Balaban J connectivity index is 0.000000197. The fourth-order valence-corrected chi connectivity index (χ4v) is 7.63. The van der Waals surface area contributed by atoms with E-state index in [2.05, 4.69) is 68.9 Å². The predicted molar refractivity (Wildman–Crippen MR) is 188 cm³/mol. The lowest BCUT2D eigenvalue weighted by Crippen LogP contribution is -2.59. The smallest absolute Gasteiger partial charge is 0.339 e. The van der Waals surface area contributed by atoms with Crippen molar-refractivity contribution < 1.29 is 34.0 Å². The van der Waals surface area contributed by atoms with E-state index in [1.807, 2.05) is 7.11 Å². The fraction of sp³-hybridized carbons (Fsp3) is 0.289. The monoisotopic (exact) mass is 727 g/mol. The number of aromatic nitrogens is 2. The number of benzene rings is 3. The van der Waals surface area contributed by atoms with E-state index in [9.17, 15) is 19.8 Å². The maximum Gasteiger partial charge on any atom is 0.339 e. The second-order valence-corrected chi connectivity index (χ2v) is 13.4. The summed E-state index contributed by atoms with van der Waals surface area (Å²) >= 11 is 3.35. The highest BCUT2D eigenvalue weighted by Gasteiger charge is 2.52. The van der Waals surface area contributed by atoms with Crippen LogP contribution in [0.15, 0.2) is 89.8 Å². The number of fused-ring (bicyclic) bond motifs is 2. The number of para-hydroxylation sites is 1. The number of hydrogen-bond donors (Lipinski definition) is 2. The van der Waals surface area contributed by atoms with Gasteiger partial charge < -0.3 is 29.0 Å². The number of carbonyl (C=O) groups excluding carboxylic acids is 2. The molecule has 0 spiro atoms. The summed E-state index contributed by atoms with van der Waals surface area (Å²) in [5.41, 5.74) is 4.17. The molecule has 0 amide bonds. The second kappa shape index (κ2) is 14.0. The second-order valence-electron chi connectivity index (χ2n) is 12.5. The van der Waals surface area contributed by atoms with Gasteiger partial charge in [-0.15, -0.1) is 0 Å². The third-order valence-electron chi connectivity index (χ3n) is 9.52. The Labute approximate surface area is 293 Å². The topological polar surface area (TPSA) is 123 Å².